The van der Waals surface area contributed by atoms with Gasteiger partial charge in [0.2, 0.25) is 0 Å². The number of likely N-dealkylation sites (N-methyl/N-ethyl adjacent to an activating group) is 1. The summed E-state index contributed by atoms with van der Waals surface area (Å²) in [4.78, 5) is 10.8. The molecule has 6 heteroatoms. The first-order valence-corrected chi connectivity index (χ1v) is 3.98. The maximum Gasteiger partial charge on any atom is 0.307 e. The Labute approximate surface area is 98.2 Å². The van der Waals surface area contributed by atoms with Crippen molar-refractivity contribution >= 4 is 18.4 Å². The Kier molecular flexibility index (Phi) is 11.6. The normalized spacial score (nSPS) is 12.1. The zero-order valence-corrected chi connectivity index (χ0v) is 10.7. The molecule has 0 aromatic rings. The van der Waals surface area contributed by atoms with Gasteiger partial charge < -0.3 is 27.4 Å². The van der Waals surface area contributed by atoms with Crippen molar-refractivity contribution in [1.82, 2.24) is 0 Å². The number of hydrogen-bond acceptors (Lipinski definition) is 3. The average molecular weight is 247 g/mol. The SMILES string of the molecule is COC(=O)CC(N)C[N+](C)(C)C.Cl.[Cl-]. The van der Waals surface area contributed by atoms with Crippen molar-refractivity contribution in [1.29, 1.82) is 0 Å². The molecule has 1 unspecified atom stereocenters. The molecule has 0 saturated carbocycles. The van der Waals surface area contributed by atoms with Gasteiger partial charge in [0.1, 0.15) is 0 Å². The molecule has 0 heterocycles. The molecule has 0 bridgehead atoms. The molecule has 0 aliphatic carbocycles. The molecule has 0 spiro atoms. The van der Waals surface area contributed by atoms with Gasteiger partial charge in [0.15, 0.2) is 0 Å². The topological polar surface area (TPSA) is 52.3 Å². The van der Waals surface area contributed by atoms with Crippen molar-refractivity contribution < 1.29 is 26.4 Å². The predicted molar refractivity (Wildman–Crippen MR) is 54.8 cm³/mol. The summed E-state index contributed by atoms with van der Waals surface area (Å²) in [5.41, 5.74) is 5.72. The lowest BCUT2D eigenvalue weighted by atomic mass is 10.2. The largest absolute Gasteiger partial charge is 1.00 e. The van der Waals surface area contributed by atoms with Gasteiger partial charge in [-0.1, -0.05) is 0 Å². The van der Waals surface area contributed by atoms with Gasteiger partial charge in [-0.15, -0.1) is 12.4 Å². The van der Waals surface area contributed by atoms with Crippen LogP contribution in [0.4, 0.5) is 0 Å². The van der Waals surface area contributed by atoms with Crippen LogP contribution in [0.2, 0.25) is 0 Å². The molecule has 0 radical (unpaired) electrons. The molecule has 0 aliphatic heterocycles. The molecule has 0 rings (SSSR count). The number of ether oxygens (including phenoxy) is 1. The lowest BCUT2D eigenvalue weighted by Gasteiger charge is -2.26. The fourth-order valence-electron chi connectivity index (χ4n) is 1.07. The Morgan fingerprint density at radius 3 is 2.14 bits per heavy atom. The molecule has 0 fully saturated rings. The van der Waals surface area contributed by atoms with Crippen LogP contribution in [0.5, 0.6) is 0 Å². The van der Waals surface area contributed by atoms with E-state index < -0.39 is 0 Å². The molecule has 0 saturated heterocycles. The summed E-state index contributed by atoms with van der Waals surface area (Å²) in [6.07, 6.45) is 0.298. The van der Waals surface area contributed by atoms with Crippen molar-refractivity contribution in [2.24, 2.45) is 5.73 Å². The van der Waals surface area contributed by atoms with Crippen LogP contribution >= 0.6 is 12.4 Å². The second-order valence-corrected chi connectivity index (χ2v) is 4.01. The first-order chi connectivity index (χ1) is 5.35. The number of hydrogen-bond donors (Lipinski definition) is 1. The Hall–Kier alpha value is -0.0300. The van der Waals surface area contributed by atoms with Crippen LogP contribution in [-0.4, -0.2) is 51.3 Å². The molecular weight excluding hydrogens is 227 g/mol. The van der Waals surface area contributed by atoms with Crippen LogP contribution in [0.15, 0.2) is 0 Å². The Bertz CT molecular complexity index is 160. The molecule has 88 valence electrons. The summed E-state index contributed by atoms with van der Waals surface area (Å²) in [5.74, 6) is -0.240. The number of rotatable bonds is 4. The number of halogens is 2. The third-order valence-electron chi connectivity index (χ3n) is 1.44. The smallest absolute Gasteiger partial charge is 0.307 e. The van der Waals surface area contributed by atoms with Gasteiger partial charge in [0, 0.05) is 0 Å². The third-order valence-corrected chi connectivity index (χ3v) is 1.44. The lowest BCUT2D eigenvalue weighted by Crippen LogP contribution is -3.00. The molecule has 14 heavy (non-hydrogen) atoms. The van der Waals surface area contributed by atoms with E-state index >= 15 is 0 Å². The van der Waals surface area contributed by atoms with Crippen molar-refractivity contribution in [3.05, 3.63) is 0 Å². The Balaban J connectivity index is -0.000000605. The highest BCUT2D eigenvalue weighted by molar-refractivity contribution is 5.85. The highest BCUT2D eigenvalue weighted by atomic mass is 35.5. The lowest BCUT2D eigenvalue weighted by molar-refractivity contribution is -0.871. The number of nitrogens with zero attached hydrogens (tertiary/aromatic N) is 1. The van der Waals surface area contributed by atoms with Gasteiger partial charge in [0.25, 0.3) is 0 Å². The van der Waals surface area contributed by atoms with Crippen molar-refractivity contribution in [3.8, 4) is 0 Å². The van der Waals surface area contributed by atoms with Gasteiger partial charge in [-0.2, -0.15) is 0 Å². The molecule has 0 aromatic carbocycles. The molecular formula is C8H20Cl2N2O2. The first kappa shape index (κ1) is 19.5. The molecule has 1 atom stereocenters. The maximum atomic E-state index is 10.8. The Morgan fingerprint density at radius 1 is 1.43 bits per heavy atom. The maximum absolute atomic E-state index is 10.8. The highest BCUT2D eigenvalue weighted by Crippen LogP contribution is 1.97. The molecule has 2 N–H and O–H groups in total. The number of quaternary nitrogens is 1. The number of methoxy groups -OCH3 is 1. The minimum atomic E-state index is -0.240. The minimum Gasteiger partial charge on any atom is -1.00 e. The van der Waals surface area contributed by atoms with E-state index in [9.17, 15) is 4.79 Å². The summed E-state index contributed by atoms with van der Waals surface area (Å²) in [5, 5.41) is 0. The van der Waals surface area contributed by atoms with E-state index in [1.165, 1.54) is 7.11 Å². The van der Waals surface area contributed by atoms with Crippen LogP contribution in [0.1, 0.15) is 6.42 Å². The first-order valence-electron chi connectivity index (χ1n) is 3.98. The average Bonchev–Trinajstić information content (AvgIpc) is 1.82. The number of nitrogens with two attached hydrogens (primary N) is 1. The van der Waals surface area contributed by atoms with E-state index in [1.54, 1.807) is 0 Å². The van der Waals surface area contributed by atoms with E-state index in [1.807, 2.05) is 21.1 Å². The third kappa shape index (κ3) is 12.0. The fourth-order valence-corrected chi connectivity index (χ4v) is 1.07. The van der Waals surface area contributed by atoms with Crippen molar-refractivity contribution in [3.63, 3.8) is 0 Å². The van der Waals surface area contributed by atoms with E-state index in [2.05, 4.69) is 4.74 Å². The van der Waals surface area contributed by atoms with Crippen LogP contribution in [0, 0.1) is 0 Å². The van der Waals surface area contributed by atoms with Gasteiger partial charge in [-0.25, -0.2) is 0 Å². The van der Waals surface area contributed by atoms with Gasteiger partial charge in [-0.05, 0) is 0 Å². The fraction of sp³-hybridized carbons (Fsp3) is 0.875. The summed E-state index contributed by atoms with van der Waals surface area (Å²) in [6.45, 7) is 0.773. The molecule has 0 aromatic heterocycles. The van der Waals surface area contributed by atoms with Crippen LogP contribution in [-0.2, 0) is 9.53 Å². The van der Waals surface area contributed by atoms with Crippen LogP contribution in [0.3, 0.4) is 0 Å². The second-order valence-electron chi connectivity index (χ2n) is 4.01. The van der Waals surface area contributed by atoms with Gasteiger partial charge >= 0.3 is 5.97 Å². The summed E-state index contributed by atoms with van der Waals surface area (Å²) >= 11 is 0. The van der Waals surface area contributed by atoms with Gasteiger partial charge in [0.05, 0.1) is 47.3 Å². The highest BCUT2D eigenvalue weighted by Gasteiger charge is 2.17. The zero-order valence-electron chi connectivity index (χ0n) is 9.12. The number of carbonyl (C=O) groups excluding carboxylic acids is 1. The number of esters is 1. The van der Waals surface area contributed by atoms with E-state index in [0.717, 1.165) is 11.0 Å². The monoisotopic (exact) mass is 246 g/mol. The summed E-state index contributed by atoms with van der Waals surface area (Å²) in [7, 11) is 7.49. The van der Waals surface area contributed by atoms with Gasteiger partial charge in [-0.3, -0.25) is 4.79 Å². The Morgan fingerprint density at radius 2 is 1.86 bits per heavy atom. The van der Waals surface area contributed by atoms with Crippen molar-refractivity contribution in [2.45, 2.75) is 12.5 Å². The second kappa shape index (κ2) is 8.29. The van der Waals surface area contributed by atoms with E-state index in [-0.39, 0.29) is 36.8 Å². The summed E-state index contributed by atoms with van der Waals surface area (Å²) in [6, 6.07) is -0.113. The minimum absolute atomic E-state index is 0. The quantitative estimate of drug-likeness (QED) is 0.426. The van der Waals surface area contributed by atoms with E-state index in [0.29, 0.717) is 6.42 Å². The van der Waals surface area contributed by atoms with Crippen molar-refractivity contribution in [2.75, 3.05) is 34.8 Å². The van der Waals surface area contributed by atoms with Crippen LogP contribution in [0.25, 0.3) is 0 Å². The molecule has 0 aliphatic rings. The standard InChI is InChI=1S/C8H19N2O2.2ClH/c1-10(2,3)6-7(9)5-8(11)12-4;;/h7H,5-6,9H2,1-4H3;2*1H/q+1;;/p-1. The van der Waals surface area contributed by atoms with E-state index in [4.69, 9.17) is 5.73 Å². The predicted octanol–water partition coefficient (Wildman–Crippen LogP) is -2.99. The summed E-state index contributed by atoms with van der Waals surface area (Å²) < 4.78 is 5.27. The number of carbonyl (C=O) groups is 1. The molecule has 0 amide bonds. The molecule has 4 nitrogen and oxygen atoms in total. The zero-order chi connectivity index (χ0) is 9.78. The van der Waals surface area contributed by atoms with Crippen LogP contribution < -0.4 is 18.1 Å².